The van der Waals surface area contributed by atoms with Crippen LogP contribution in [0.15, 0.2) is 29.7 Å². The van der Waals surface area contributed by atoms with Crippen molar-refractivity contribution in [2.75, 3.05) is 18.8 Å². The number of thioether (sulfide) groups is 1. The zero-order valence-corrected chi connectivity index (χ0v) is 14.9. The van der Waals surface area contributed by atoms with Crippen molar-refractivity contribution in [3.63, 3.8) is 0 Å². The molecule has 8 heteroatoms. The Bertz CT molecular complexity index is 696. The zero-order valence-electron chi connectivity index (χ0n) is 14.0. The number of carbonyl (C=O) groups excluding carboxylic acids is 1. The predicted molar refractivity (Wildman–Crippen MR) is 91.5 cm³/mol. The number of hydrogen-bond acceptors (Lipinski definition) is 6. The van der Waals surface area contributed by atoms with Crippen molar-refractivity contribution in [1.82, 2.24) is 24.6 Å². The molecule has 0 spiro atoms. The van der Waals surface area contributed by atoms with Crippen LogP contribution in [-0.2, 0) is 16.6 Å². The van der Waals surface area contributed by atoms with Gasteiger partial charge in [-0.15, -0.1) is 10.2 Å². The van der Waals surface area contributed by atoms with Crippen LogP contribution in [0.4, 0.5) is 0 Å². The Kier molecular flexibility index (Phi) is 5.15. The molecule has 0 aromatic carbocycles. The summed E-state index contributed by atoms with van der Waals surface area (Å²) in [5.74, 6) is 1.19. The van der Waals surface area contributed by atoms with Gasteiger partial charge < -0.3 is 14.2 Å². The molecule has 0 bridgehead atoms. The van der Waals surface area contributed by atoms with Gasteiger partial charge in [-0.1, -0.05) is 11.8 Å². The Morgan fingerprint density at radius 2 is 2.08 bits per heavy atom. The van der Waals surface area contributed by atoms with E-state index in [0.29, 0.717) is 18.8 Å². The van der Waals surface area contributed by atoms with Crippen molar-refractivity contribution in [2.24, 2.45) is 7.05 Å². The fourth-order valence-electron chi connectivity index (χ4n) is 2.79. The summed E-state index contributed by atoms with van der Waals surface area (Å²) in [6.07, 6.45) is 3.63. The van der Waals surface area contributed by atoms with E-state index in [0.717, 1.165) is 16.5 Å². The molecule has 1 amide bonds. The number of ether oxygens (including phenoxy) is 1. The minimum atomic E-state index is 0.0784. The molecule has 3 heterocycles. The van der Waals surface area contributed by atoms with Crippen molar-refractivity contribution < 1.29 is 9.53 Å². The van der Waals surface area contributed by atoms with Crippen LogP contribution in [0, 0.1) is 0 Å². The second-order valence-electron chi connectivity index (χ2n) is 5.95. The van der Waals surface area contributed by atoms with Crippen LogP contribution in [0.2, 0.25) is 0 Å². The Hall–Kier alpha value is -1.93. The molecule has 0 N–H and O–H groups in total. The van der Waals surface area contributed by atoms with Crippen LogP contribution >= 0.6 is 11.8 Å². The summed E-state index contributed by atoms with van der Waals surface area (Å²) in [5, 5.41) is 9.12. The fourth-order valence-corrected chi connectivity index (χ4v) is 3.60. The number of rotatable bonds is 4. The Morgan fingerprint density at radius 1 is 1.33 bits per heavy atom. The van der Waals surface area contributed by atoms with Crippen molar-refractivity contribution in [2.45, 2.75) is 31.2 Å². The first-order valence-electron chi connectivity index (χ1n) is 7.90. The first-order valence-corrected chi connectivity index (χ1v) is 8.89. The van der Waals surface area contributed by atoms with E-state index >= 15 is 0 Å². The van der Waals surface area contributed by atoms with Crippen LogP contribution in [0.3, 0.4) is 0 Å². The van der Waals surface area contributed by atoms with E-state index in [9.17, 15) is 4.79 Å². The van der Waals surface area contributed by atoms with Gasteiger partial charge >= 0.3 is 0 Å². The number of nitrogens with zero attached hydrogens (tertiary/aromatic N) is 5. The van der Waals surface area contributed by atoms with Gasteiger partial charge in [0.05, 0.1) is 18.0 Å². The maximum Gasteiger partial charge on any atom is 0.233 e. The van der Waals surface area contributed by atoms with E-state index in [4.69, 9.17) is 4.74 Å². The summed E-state index contributed by atoms with van der Waals surface area (Å²) < 4.78 is 7.56. The highest BCUT2D eigenvalue weighted by Crippen LogP contribution is 2.22. The summed E-state index contributed by atoms with van der Waals surface area (Å²) in [5.41, 5.74) is 0.904. The molecular weight excluding hydrogens is 326 g/mol. The lowest BCUT2D eigenvalue weighted by molar-refractivity contribution is -0.140. The van der Waals surface area contributed by atoms with Gasteiger partial charge in [0.25, 0.3) is 0 Å². The largest absolute Gasteiger partial charge is 0.372 e. The number of carbonyl (C=O) groups is 1. The number of aromatic nitrogens is 4. The maximum atomic E-state index is 12.4. The van der Waals surface area contributed by atoms with Gasteiger partial charge in [0.15, 0.2) is 11.0 Å². The topological polar surface area (TPSA) is 73.1 Å². The molecule has 128 valence electrons. The molecule has 0 radical (unpaired) electrons. The Balaban J connectivity index is 1.63. The van der Waals surface area contributed by atoms with Crippen molar-refractivity contribution >= 4 is 17.7 Å². The maximum absolute atomic E-state index is 12.4. The van der Waals surface area contributed by atoms with Gasteiger partial charge in [-0.25, -0.2) is 0 Å². The summed E-state index contributed by atoms with van der Waals surface area (Å²) in [7, 11) is 1.90. The first kappa shape index (κ1) is 16.9. The molecule has 1 fully saturated rings. The quantitative estimate of drug-likeness (QED) is 0.782. The van der Waals surface area contributed by atoms with Crippen LogP contribution in [0.5, 0.6) is 0 Å². The smallest absolute Gasteiger partial charge is 0.233 e. The minimum absolute atomic E-state index is 0.0784. The van der Waals surface area contributed by atoms with Crippen molar-refractivity contribution in [1.29, 1.82) is 0 Å². The van der Waals surface area contributed by atoms with E-state index in [1.807, 2.05) is 42.5 Å². The van der Waals surface area contributed by atoms with Crippen LogP contribution in [0.1, 0.15) is 13.8 Å². The predicted octanol–water partition coefficient (Wildman–Crippen LogP) is 1.60. The Labute approximate surface area is 145 Å². The summed E-state index contributed by atoms with van der Waals surface area (Å²) in [6, 6.07) is 3.80. The highest BCUT2D eigenvalue weighted by molar-refractivity contribution is 7.99. The SMILES string of the molecule is C[C@@H]1CN(C(=O)CSc2nnc(-c3cccnc3)n2C)C[C@H](C)O1. The standard InChI is InChI=1S/C16H21N5O2S/c1-11-8-21(9-12(2)23-11)14(22)10-24-16-19-18-15(20(16)3)13-5-4-6-17-7-13/h4-7,11-12H,8-10H2,1-3H3/t11-,12+. The van der Waals surface area contributed by atoms with Crippen LogP contribution in [0.25, 0.3) is 11.4 Å². The van der Waals surface area contributed by atoms with Gasteiger partial charge in [0, 0.05) is 38.1 Å². The van der Waals surface area contributed by atoms with E-state index in [-0.39, 0.29) is 18.1 Å². The highest BCUT2D eigenvalue weighted by Gasteiger charge is 2.26. The van der Waals surface area contributed by atoms with E-state index in [1.54, 1.807) is 12.4 Å². The van der Waals surface area contributed by atoms with Gasteiger partial charge in [-0.3, -0.25) is 9.78 Å². The number of amides is 1. The third kappa shape index (κ3) is 3.76. The molecule has 3 rings (SSSR count). The molecule has 1 aliphatic heterocycles. The van der Waals surface area contributed by atoms with Gasteiger partial charge in [0.2, 0.25) is 5.91 Å². The molecule has 0 saturated carbocycles. The molecular formula is C16H21N5O2S. The summed E-state index contributed by atoms with van der Waals surface area (Å²) in [4.78, 5) is 18.4. The van der Waals surface area contributed by atoms with Crippen molar-refractivity contribution in [3.05, 3.63) is 24.5 Å². The van der Waals surface area contributed by atoms with E-state index in [1.165, 1.54) is 11.8 Å². The second kappa shape index (κ2) is 7.31. The van der Waals surface area contributed by atoms with E-state index < -0.39 is 0 Å². The molecule has 7 nitrogen and oxygen atoms in total. The van der Waals surface area contributed by atoms with Crippen molar-refractivity contribution in [3.8, 4) is 11.4 Å². The lowest BCUT2D eigenvalue weighted by Gasteiger charge is -2.35. The number of pyridine rings is 1. The molecule has 1 saturated heterocycles. The molecule has 0 unspecified atom stereocenters. The molecule has 2 atom stereocenters. The minimum Gasteiger partial charge on any atom is -0.372 e. The zero-order chi connectivity index (χ0) is 17.1. The molecule has 24 heavy (non-hydrogen) atoms. The Morgan fingerprint density at radius 3 is 2.75 bits per heavy atom. The first-order chi connectivity index (χ1) is 11.5. The molecule has 0 aliphatic carbocycles. The number of morpholine rings is 1. The highest BCUT2D eigenvalue weighted by atomic mass is 32.2. The molecule has 2 aromatic heterocycles. The summed E-state index contributed by atoms with van der Waals surface area (Å²) >= 11 is 1.40. The monoisotopic (exact) mass is 347 g/mol. The summed E-state index contributed by atoms with van der Waals surface area (Å²) in [6.45, 7) is 5.27. The van der Waals surface area contributed by atoms with Crippen LogP contribution in [-0.4, -0.2) is 61.6 Å². The van der Waals surface area contributed by atoms with Crippen LogP contribution < -0.4 is 0 Å². The number of hydrogen-bond donors (Lipinski definition) is 0. The van der Waals surface area contributed by atoms with E-state index in [2.05, 4.69) is 15.2 Å². The average Bonchev–Trinajstić information content (AvgIpc) is 2.93. The van der Waals surface area contributed by atoms with Gasteiger partial charge in [-0.05, 0) is 26.0 Å². The third-order valence-electron chi connectivity index (χ3n) is 3.85. The second-order valence-corrected chi connectivity index (χ2v) is 6.89. The molecule has 2 aromatic rings. The fraction of sp³-hybridized carbons (Fsp3) is 0.500. The lowest BCUT2D eigenvalue weighted by atomic mass is 10.2. The lowest BCUT2D eigenvalue weighted by Crippen LogP contribution is -2.48. The average molecular weight is 347 g/mol. The van der Waals surface area contributed by atoms with Gasteiger partial charge in [0.1, 0.15) is 0 Å². The normalized spacial score (nSPS) is 21.0. The molecule has 1 aliphatic rings. The van der Waals surface area contributed by atoms with Gasteiger partial charge in [-0.2, -0.15) is 0 Å². The third-order valence-corrected chi connectivity index (χ3v) is 4.86.